The fourth-order valence-corrected chi connectivity index (χ4v) is 8.23. The first-order valence-electron chi connectivity index (χ1n) is 28.1. The molecule has 2 aliphatic heterocycles. The number of likely N-dealkylation sites (N-methyl/N-ethyl adjacent to an activating group) is 2. The van der Waals surface area contributed by atoms with Crippen LogP contribution in [0.15, 0.2) is 121 Å². The van der Waals surface area contributed by atoms with Crippen molar-refractivity contribution in [3.05, 3.63) is 149 Å². The van der Waals surface area contributed by atoms with Gasteiger partial charge in [-0.3, -0.25) is 4.90 Å². The number of ether oxygens (including phenoxy) is 2. The zero-order valence-corrected chi connectivity index (χ0v) is 49.5. The van der Waals surface area contributed by atoms with Crippen LogP contribution >= 0.6 is 0 Å². The number of phenolic OH excluding ortho intramolecular Hbond substituents is 1. The molecule has 7 rings (SSSR count). The topological polar surface area (TPSA) is 87.7 Å². The Hall–Kier alpha value is -5.10. The van der Waals surface area contributed by atoms with Crippen molar-refractivity contribution in [1.29, 1.82) is 0 Å². The number of aromatic hydroxyl groups is 1. The number of phenols is 1. The van der Waals surface area contributed by atoms with Gasteiger partial charge in [0.2, 0.25) is 0 Å². The van der Waals surface area contributed by atoms with E-state index in [-0.39, 0.29) is 0 Å². The molecule has 10 nitrogen and oxygen atoms in total. The van der Waals surface area contributed by atoms with Gasteiger partial charge in [0.1, 0.15) is 18.1 Å². The van der Waals surface area contributed by atoms with Gasteiger partial charge < -0.3 is 45.2 Å². The molecule has 0 spiro atoms. The molecular weight excluding hydrogens is 927 g/mol. The van der Waals surface area contributed by atoms with Gasteiger partial charge in [0.15, 0.2) is 0 Å². The van der Waals surface area contributed by atoms with E-state index in [2.05, 4.69) is 218 Å². The number of anilines is 3. The number of hydrogen-bond donors (Lipinski definition) is 4. The lowest BCUT2D eigenvalue weighted by atomic mass is 10.0. The SMILES string of the molecule is CC(C)c1ccc(NC2CCN(C)CC2)cc1.CC(C)c1ccc(NCCN(C)C)cc1.CC(C)c1ccc(NCCN2CCN(C)CC2)cc1.CC(C)c1ccc(O)cc1.COCCOc1ccc(C(C)C)cc1. The highest BCUT2D eigenvalue weighted by molar-refractivity contribution is 5.47. The lowest BCUT2D eigenvalue weighted by Crippen LogP contribution is -2.45. The molecule has 2 fully saturated rings. The predicted molar refractivity (Wildman–Crippen MR) is 325 cm³/mol. The normalized spacial score (nSPS) is 14.3. The van der Waals surface area contributed by atoms with Gasteiger partial charge in [0, 0.05) is 82.6 Å². The molecule has 0 atom stereocenters. The Bertz CT molecular complexity index is 2160. The summed E-state index contributed by atoms with van der Waals surface area (Å²) in [6.07, 6.45) is 2.50. The van der Waals surface area contributed by atoms with Gasteiger partial charge in [0.05, 0.1) is 6.61 Å². The van der Waals surface area contributed by atoms with Crippen molar-refractivity contribution >= 4 is 17.1 Å². The molecular formula is C65H103N7O3. The number of nitrogens with one attached hydrogen (secondary N) is 3. The number of nitrogens with zero attached hydrogens (tertiary/aromatic N) is 4. The molecule has 5 aromatic rings. The monoisotopic (exact) mass is 1030 g/mol. The van der Waals surface area contributed by atoms with Gasteiger partial charge in [0.25, 0.3) is 0 Å². The fraction of sp³-hybridized carbons (Fsp3) is 0.538. The van der Waals surface area contributed by atoms with Crippen LogP contribution in [0.3, 0.4) is 0 Å². The molecule has 0 unspecified atom stereocenters. The van der Waals surface area contributed by atoms with Gasteiger partial charge in [-0.05, 0) is 172 Å². The highest BCUT2D eigenvalue weighted by Crippen LogP contribution is 2.22. The summed E-state index contributed by atoms with van der Waals surface area (Å²) in [4.78, 5) is 9.51. The van der Waals surface area contributed by atoms with E-state index in [1.54, 1.807) is 19.2 Å². The summed E-state index contributed by atoms with van der Waals surface area (Å²) in [5.74, 6) is 4.20. The van der Waals surface area contributed by atoms with E-state index in [4.69, 9.17) is 14.6 Å². The Morgan fingerprint density at radius 2 is 0.867 bits per heavy atom. The number of likely N-dealkylation sites (tertiary alicyclic amines) is 1. The van der Waals surface area contributed by atoms with Crippen LogP contribution in [0.2, 0.25) is 0 Å². The van der Waals surface area contributed by atoms with Gasteiger partial charge in [-0.1, -0.05) is 130 Å². The molecule has 4 N–H and O–H groups in total. The number of piperidine rings is 1. The summed E-state index contributed by atoms with van der Waals surface area (Å²) in [7, 11) is 10.2. The molecule has 2 saturated heterocycles. The zero-order chi connectivity index (χ0) is 55.1. The van der Waals surface area contributed by atoms with Gasteiger partial charge in [-0.25, -0.2) is 0 Å². The summed E-state index contributed by atoms with van der Waals surface area (Å²) >= 11 is 0. The van der Waals surface area contributed by atoms with Crippen molar-refractivity contribution in [3.63, 3.8) is 0 Å². The highest BCUT2D eigenvalue weighted by Gasteiger charge is 2.16. The van der Waals surface area contributed by atoms with Crippen molar-refractivity contribution in [1.82, 2.24) is 19.6 Å². The Balaban J connectivity index is 0.000000250. The van der Waals surface area contributed by atoms with E-state index in [1.807, 2.05) is 24.3 Å². The molecule has 2 heterocycles. The average Bonchev–Trinajstić information content (AvgIpc) is 3.39. The maximum absolute atomic E-state index is 8.94. The number of piperazine rings is 1. The van der Waals surface area contributed by atoms with Crippen LogP contribution in [0.25, 0.3) is 0 Å². The molecule has 0 bridgehead atoms. The summed E-state index contributed by atoms with van der Waals surface area (Å²) in [6.45, 7) is 34.7. The minimum absolute atomic E-state index is 0.337. The maximum Gasteiger partial charge on any atom is 0.119 e. The third-order valence-electron chi connectivity index (χ3n) is 13.7. The van der Waals surface area contributed by atoms with Crippen LogP contribution < -0.4 is 20.7 Å². The van der Waals surface area contributed by atoms with E-state index < -0.39 is 0 Å². The average molecular weight is 1030 g/mol. The molecule has 0 saturated carbocycles. The van der Waals surface area contributed by atoms with E-state index in [1.165, 1.54) is 97.0 Å². The molecule has 75 heavy (non-hydrogen) atoms. The first-order valence-corrected chi connectivity index (χ1v) is 28.1. The zero-order valence-electron chi connectivity index (χ0n) is 49.5. The minimum atomic E-state index is 0.337. The van der Waals surface area contributed by atoms with E-state index >= 15 is 0 Å². The van der Waals surface area contributed by atoms with Crippen LogP contribution in [0.5, 0.6) is 11.5 Å². The summed E-state index contributed by atoms with van der Waals surface area (Å²) in [5.41, 5.74) is 10.5. The van der Waals surface area contributed by atoms with Gasteiger partial charge >= 0.3 is 0 Å². The second-order valence-corrected chi connectivity index (χ2v) is 22.2. The smallest absolute Gasteiger partial charge is 0.119 e. The first kappa shape index (κ1) is 64.2. The van der Waals surface area contributed by atoms with E-state index in [0.29, 0.717) is 54.6 Å². The van der Waals surface area contributed by atoms with Crippen molar-refractivity contribution in [3.8, 4) is 11.5 Å². The van der Waals surface area contributed by atoms with Crippen molar-refractivity contribution < 1.29 is 14.6 Å². The number of benzene rings is 5. The second kappa shape index (κ2) is 36.0. The predicted octanol–water partition coefficient (Wildman–Crippen LogP) is 13.9. The maximum atomic E-state index is 8.94. The molecule has 416 valence electrons. The third-order valence-corrected chi connectivity index (χ3v) is 13.7. The molecule has 10 heteroatoms. The van der Waals surface area contributed by atoms with Gasteiger partial charge in [-0.2, -0.15) is 0 Å². The van der Waals surface area contributed by atoms with Gasteiger partial charge in [-0.15, -0.1) is 0 Å². The van der Waals surface area contributed by atoms with Crippen LogP contribution in [0.1, 0.15) is 139 Å². The van der Waals surface area contributed by atoms with Crippen molar-refractivity contribution in [2.45, 2.75) is 118 Å². The quantitative estimate of drug-likeness (QED) is 0.0600. The van der Waals surface area contributed by atoms with Crippen molar-refractivity contribution in [2.24, 2.45) is 0 Å². The second-order valence-electron chi connectivity index (χ2n) is 22.2. The lowest BCUT2D eigenvalue weighted by Gasteiger charge is -2.32. The Kier molecular flexibility index (Phi) is 30.8. The van der Waals surface area contributed by atoms with Crippen molar-refractivity contribution in [2.75, 3.05) is 130 Å². The number of rotatable bonds is 19. The van der Waals surface area contributed by atoms with E-state index in [9.17, 15) is 0 Å². The van der Waals surface area contributed by atoms with Crippen LogP contribution in [-0.2, 0) is 4.74 Å². The standard InChI is InChI=1S/C16H27N3.C15H24N2.C13H22N2.C12H18O2.C9H12O/c1-14(2)15-4-6-16(7-5-15)17-8-9-19-12-10-18(3)11-13-19;1-12(2)13-4-6-14(7-5-13)16-15-8-10-17(3)11-9-15;1-11(2)12-5-7-13(8-6-12)14-9-10-15(3)4;1-10(2)11-4-6-12(7-5-11)14-9-8-13-3;1-7(2)8-3-5-9(10)6-4-8/h4-7,14,17H,8-13H2,1-3H3;4-7,12,15-16H,8-11H2,1-3H3;5-8,11,14H,9-10H2,1-4H3;4-7,10H,8-9H2,1-3H3;3-7,10H,1-2H3. The Morgan fingerprint density at radius 1 is 0.493 bits per heavy atom. The third kappa shape index (κ3) is 27.5. The van der Waals surface area contributed by atoms with E-state index in [0.717, 1.165) is 31.9 Å². The number of methoxy groups -OCH3 is 1. The minimum Gasteiger partial charge on any atom is -0.508 e. The Labute approximate surface area is 457 Å². The van der Waals surface area contributed by atoms with Crippen LogP contribution in [-0.4, -0.2) is 145 Å². The van der Waals surface area contributed by atoms with Crippen LogP contribution in [0, 0.1) is 0 Å². The molecule has 0 aromatic heterocycles. The molecule has 0 amide bonds. The largest absolute Gasteiger partial charge is 0.508 e. The molecule has 0 radical (unpaired) electrons. The molecule has 2 aliphatic rings. The molecule has 0 aliphatic carbocycles. The summed E-state index contributed by atoms with van der Waals surface area (Å²) in [5, 5.41) is 19.5. The molecule has 5 aromatic carbocycles. The first-order chi connectivity index (χ1) is 35.8. The van der Waals surface area contributed by atoms with Crippen LogP contribution in [0.4, 0.5) is 17.1 Å². The highest BCUT2D eigenvalue weighted by atomic mass is 16.5. The fourth-order valence-electron chi connectivity index (χ4n) is 8.23. The Morgan fingerprint density at radius 3 is 1.27 bits per heavy atom. The summed E-state index contributed by atoms with van der Waals surface area (Å²) in [6, 6.07) is 42.6. The summed E-state index contributed by atoms with van der Waals surface area (Å²) < 4.78 is 10.4. The lowest BCUT2D eigenvalue weighted by molar-refractivity contribution is 0.146. The number of hydrogen-bond acceptors (Lipinski definition) is 10.